The Morgan fingerprint density at radius 3 is 2.85 bits per heavy atom. The average molecular weight is 276 g/mol. The van der Waals surface area contributed by atoms with Crippen molar-refractivity contribution < 1.29 is 9.84 Å². The summed E-state index contributed by atoms with van der Waals surface area (Å²) in [5.74, 6) is 0. The van der Waals surface area contributed by atoms with Gasteiger partial charge in [-0.2, -0.15) is 0 Å². The van der Waals surface area contributed by atoms with Gasteiger partial charge >= 0.3 is 0 Å². The molecule has 0 saturated carbocycles. The molecule has 1 atom stereocenters. The number of morpholine rings is 1. The van der Waals surface area contributed by atoms with E-state index in [2.05, 4.69) is 34.5 Å². The van der Waals surface area contributed by atoms with Gasteiger partial charge in [-0.1, -0.05) is 24.3 Å². The van der Waals surface area contributed by atoms with Crippen molar-refractivity contribution in [3.63, 3.8) is 0 Å². The molecule has 2 aliphatic rings. The third-order valence-electron chi connectivity index (χ3n) is 4.62. The van der Waals surface area contributed by atoms with Gasteiger partial charge in [-0.15, -0.1) is 0 Å². The number of nitrogens with one attached hydrogen (secondary N) is 1. The van der Waals surface area contributed by atoms with Gasteiger partial charge in [0.15, 0.2) is 0 Å². The Labute approximate surface area is 120 Å². The number of ether oxygens (including phenoxy) is 1. The first-order valence-corrected chi connectivity index (χ1v) is 7.58. The molecule has 1 heterocycles. The first-order valence-electron chi connectivity index (χ1n) is 7.58. The SMILES string of the molecule is OC[C@@]1(NCCN2CCOCC2)CCc2ccccc21. The average Bonchev–Trinajstić information content (AvgIpc) is 2.88. The van der Waals surface area contributed by atoms with E-state index in [9.17, 15) is 5.11 Å². The maximum Gasteiger partial charge on any atom is 0.0675 e. The number of aliphatic hydroxyl groups excluding tert-OH is 1. The van der Waals surface area contributed by atoms with Gasteiger partial charge in [-0.3, -0.25) is 4.90 Å². The zero-order valence-corrected chi connectivity index (χ0v) is 12.0. The summed E-state index contributed by atoms with van der Waals surface area (Å²) in [5.41, 5.74) is 2.42. The van der Waals surface area contributed by atoms with Crippen LogP contribution in [0.1, 0.15) is 17.5 Å². The van der Waals surface area contributed by atoms with Crippen molar-refractivity contribution in [2.24, 2.45) is 0 Å². The Bertz CT molecular complexity index is 446. The molecule has 1 fully saturated rings. The molecular weight excluding hydrogens is 252 g/mol. The van der Waals surface area contributed by atoms with Crippen LogP contribution in [0.2, 0.25) is 0 Å². The van der Waals surface area contributed by atoms with E-state index in [1.54, 1.807) is 0 Å². The fourth-order valence-corrected chi connectivity index (χ4v) is 3.37. The van der Waals surface area contributed by atoms with Gasteiger partial charge in [-0.05, 0) is 24.0 Å². The van der Waals surface area contributed by atoms with E-state index in [1.165, 1.54) is 11.1 Å². The standard InChI is InChI=1S/C16H24N2O2/c19-13-16(6-5-14-3-1-2-4-15(14)16)17-7-8-18-9-11-20-12-10-18/h1-4,17,19H,5-13H2/t16-/m0/s1. The van der Waals surface area contributed by atoms with Crippen molar-refractivity contribution in [2.45, 2.75) is 18.4 Å². The van der Waals surface area contributed by atoms with E-state index in [0.717, 1.165) is 52.2 Å². The molecule has 1 aliphatic heterocycles. The van der Waals surface area contributed by atoms with Gasteiger partial charge in [-0.25, -0.2) is 0 Å². The van der Waals surface area contributed by atoms with Crippen molar-refractivity contribution in [3.05, 3.63) is 35.4 Å². The second-order valence-corrected chi connectivity index (χ2v) is 5.78. The Hall–Kier alpha value is -0.940. The second-order valence-electron chi connectivity index (χ2n) is 5.78. The number of nitrogens with zero attached hydrogens (tertiary/aromatic N) is 1. The van der Waals surface area contributed by atoms with Crippen LogP contribution >= 0.6 is 0 Å². The molecule has 0 amide bonds. The molecule has 1 saturated heterocycles. The highest BCUT2D eigenvalue weighted by atomic mass is 16.5. The number of rotatable bonds is 5. The molecule has 110 valence electrons. The monoisotopic (exact) mass is 276 g/mol. The predicted octanol–water partition coefficient (Wildman–Crippen LogP) is 0.742. The van der Waals surface area contributed by atoms with Gasteiger partial charge in [0.2, 0.25) is 0 Å². The molecule has 1 aromatic carbocycles. The van der Waals surface area contributed by atoms with E-state index in [4.69, 9.17) is 4.74 Å². The largest absolute Gasteiger partial charge is 0.394 e. The van der Waals surface area contributed by atoms with Crippen LogP contribution in [-0.4, -0.2) is 56.0 Å². The zero-order valence-electron chi connectivity index (χ0n) is 12.0. The highest BCUT2D eigenvalue weighted by molar-refractivity contribution is 5.38. The van der Waals surface area contributed by atoms with Crippen LogP contribution in [0, 0.1) is 0 Å². The fraction of sp³-hybridized carbons (Fsp3) is 0.625. The first kappa shape index (κ1) is 14.0. The van der Waals surface area contributed by atoms with E-state index in [0.29, 0.717) is 0 Å². The van der Waals surface area contributed by atoms with Crippen molar-refractivity contribution in [3.8, 4) is 0 Å². The molecule has 0 radical (unpaired) electrons. The number of hydrogen-bond acceptors (Lipinski definition) is 4. The first-order chi connectivity index (χ1) is 9.84. The normalized spacial score (nSPS) is 26.6. The molecule has 20 heavy (non-hydrogen) atoms. The van der Waals surface area contributed by atoms with Crippen molar-refractivity contribution in [1.29, 1.82) is 0 Å². The number of fused-ring (bicyclic) bond motifs is 1. The summed E-state index contributed by atoms with van der Waals surface area (Å²) in [7, 11) is 0. The molecule has 0 bridgehead atoms. The number of hydrogen-bond donors (Lipinski definition) is 2. The van der Waals surface area contributed by atoms with Crippen LogP contribution in [0.25, 0.3) is 0 Å². The maximum atomic E-state index is 9.90. The summed E-state index contributed by atoms with van der Waals surface area (Å²) < 4.78 is 5.36. The summed E-state index contributed by atoms with van der Waals surface area (Å²) in [5, 5.41) is 13.5. The number of aryl methyl sites for hydroxylation is 1. The minimum absolute atomic E-state index is 0.174. The molecule has 4 nitrogen and oxygen atoms in total. The highest BCUT2D eigenvalue weighted by Crippen LogP contribution is 2.36. The minimum atomic E-state index is -0.233. The van der Waals surface area contributed by atoms with Crippen LogP contribution in [0.15, 0.2) is 24.3 Å². The van der Waals surface area contributed by atoms with Gasteiger partial charge in [0.05, 0.1) is 25.4 Å². The molecule has 4 heteroatoms. The summed E-state index contributed by atoms with van der Waals surface area (Å²) in [6.45, 7) is 5.83. The molecule has 1 aromatic rings. The predicted molar refractivity (Wildman–Crippen MR) is 78.8 cm³/mol. The van der Waals surface area contributed by atoms with E-state index in [-0.39, 0.29) is 12.1 Å². The van der Waals surface area contributed by atoms with Gasteiger partial charge < -0.3 is 15.2 Å². The summed E-state index contributed by atoms with van der Waals surface area (Å²) >= 11 is 0. The zero-order chi connectivity index (χ0) is 13.8. The summed E-state index contributed by atoms with van der Waals surface area (Å²) in [6.07, 6.45) is 2.05. The number of aliphatic hydroxyl groups is 1. The van der Waals surface area contributed by atoms with Crippen LogP contribution in [-0.2, 0) is 16.7 Å². The molecule has 2 N–H and O–H groups in total. The van der Waals surface area contributed by atoms with E-state index < -0.39 is 0 Å². The van der Waals surface area contributed by atoms with Crippen molar-refractivity contribution in [1.82, 2.24) is 10.2 Å². The molecule has 0 unspecified atom stereocenters. The lowest BCUT2D eigenvalue weighted by Crippen LogP contribution is -2.48. The van der Waals surface area contributed by atoms with Gasteiger partial charge in [0.1, 0.15) is 0 Å². The quantitative estimate of drug-likeness (QED) is 0.833. The number of benzene rings is 1. The molecule has 1 aliphatic carbocycles. The Balaban J connectivity index is 1.60. The topological polar surface area (TPSA) is 44.7 Å². The van der Waals surface area contributed by atoms with Crippen LogP contribution in [0.4, 0.5) is 0 Å². The molecule has 0 spiro atoms. The van der Waals surface area contributed by atoms with E-state index in [1.807, 2.05) is 0 Å². The minimum Gasteiger partial charge on any atom is -0.394 e. The Kier molecular flexibility index (Phi) is 4.36. The fourth-order valence-electron chi connectivity index (χ4n) is 3.37. The van der Waals surface area contributed by atoms with Crippen molar-refractivity contribution in [2.75, 3.05) is 46.0 Å². The lowest BCUT2D eigenvalue weighted by Gasteiger charge is -2.32. The summed E-state index contributed by atoms with van der Waals surface area (Å²) in [6, 6.07) is 8.48. The Morgan fingerprint density at radius 2 is 2.05 bits per heavy atom. The van der Waals surface area contributed by atoms with Crippen LogP contribution in [0.5, 0.6) is 0 Å². The van der Waals surface area contributed by atoms with Gasteiger partial charge in [0, 0.05) is 26.2 Å². The third-order valence-corrected chi connectivity index (χ3v) is 4.62. The lowest BCUT2D eigenvalue weighted by molar-refractivity contribution is 0.0364. The third kappa shape index (κ3) is 2.74. The van der Waals surface area contributed by atoms with Crippen LogP contribution in [0.3, 0.4) is 0 Å². The molecular formula is C16H24N2O2. The van der Waals surface area contributed by atoms with Crippen molar-refractivity contribution >= 4 is 0 Å². The molecule has 3 rings (SSSR count). The summed E-state index contributed by atoms with van der Waals surface area (Å²) in [4.78, 5) is 2.42. The maximum absolute atomic E-state index is 9.90. The lowest BCUT2D eigenvalue weighted by atomic mass is 9.92. The highest BCUT2D eigenvalue weighted by Gasteiger charge is 2.37. The second kappa shape index (κ2) is 6.22. The van der Waals surface area contributed by atoms with Gasteiger partial charge in [0.25, 0.3) is 0 Å². The van der Waals surface area contributed by atoms with Crippen LogP contribution < -0.4 is 5.32 Å². The van der Waals surface area contributed by atoms with E-state index >= 15 is 0 Å². The Morgan fingerprint density at radius 1 is 1.25 bits per heavy atom. The molecule has 0 aromatic heterocycles. The smallest absolute Gasteiger partial charge is 0.0675 e.